The summed E-state index contributed by atoms with van der Waals surface area (Å²) in [5.74, 6) is 0. The van der Waals surface area contributed by atoms with Crippen molar-refractivity contribution >= 4 is 5.69 Å². The van der Waals surface area contributed by atoms with Crippen LogP contribution in [0.25, 0.3) is 0 Å². The number of nitrogens with one attached hydrogen (secondary N) is 1. The van der Waals surface area contributed by atoms with Crippen LogP contribution in [0.4, 0.5) is 5.69 Å². The maximum atomic E-state index is 5.02. The van der Waals surface area contributed by atoms with Gasteiger partial charge in [0.2, 0.25) is 0 Å². The van der Waals surface area contributed by atoms with Crippen LogP contribution in [0.2, 0.25) is 0 Å². The average molecular weight is 222 g/mol. The van der Waals surface area contributed by atoms with Crippen LogP contribution in [-0.4, -0.2) is 45.3 Å². The van der Waals surface area contributed by atoms with Crippen molar-refractivity contribution in [2.45, 2.75) is 6.42 Å². The van der Waals surface area contributed by atoms with E-state index in [1.54, 1.807) is 7.11 Å². The fourth-order valence-corrected chi connectivity index (χ4v) is 1.54. The van der Waals surface area contributed by atoms with Crippen molar-refractivity contribution in [3.05, 3.63) is 30.3 Å². The van der Waals surface area contributed by atoms with Gasteiger partial charge in [-0.3, -0.25) is 0 Å². The van der Waals surface area contributed by atoms with Gasteiger partial charge in [0.05, 0.1) is 0 Å². The monoisotopic (exact) mass is 222 g/mol. The highest BCUT2D eigenvalue weighted by Crippen LogP contribution is 2.03. The Bertz CT molecular complexity index is 264. The molecule has 0 unspecified atom stereocenters. The van der Waals surface area contributed by atoms with E-state index >= 15 is 0 Å². The van der Waals surface area contributed by atoms with E-state index in [0.29, 0.717) is 0 Å². The Balaban J connectivity index is 2.06. The Morgan fingerprint density at radius 2 is 1.94 bits per heavy atom. The van der Waals surface area contributed by atoms with E-state index in [1.165, 1.54) is 5.69 Å². The molecule has 1 N–H and O–H groups in total. The maximum absolute atomic E-state index is 5.02. The number of anilines is 1. The normalized spacial score (nSPS) is 10.7. The fraction of sp³-hybridized carbons (Fsp3) is 0.538. The Labute approximate surface area is 98.4 Å². The summed E-state index contributed by atoms with van der Waals surface area (Å²) in [7, 11) is 3.89. The highest BCUT2D eigenvalue weighted by atomic mass is 16.5. The van der Waals surface area contributed by atoms with Gasteiger partial charge in [0.1, 0.15) is 0 Å². The minimum absolute atomic E-state index is 0.844. The van der Waals surface area contributed by atoms with Crippen molar-refractivity contribution in [3.63, 3.8) is 0 Å². The first kappa shape index (κ1) is 13.0. The van der Waals surface area contributed by atoms with E-state index in [1.807, 2.05) is 18.2 Å². The van der Waals surface area contributed by atoms with Gasteiger partial charge < -0.3 is 15.0 Å². The number of methoxy groups -OCH3 is 1. The lowest BCUT2D eigenvalue weighted by Crippen LogP contribution is -2.26. The van der Waals surface area contributed by atoms with Crippen molar-refractivity contribution in [3.8, 4) is 0 Å². The van der Waals surface area contributed by atoms with Crippen LogP contribution in [0.5, 0.6) is 0 Å². The van der Waals surface area contributed by atoms with Crippen molar-refractivity contribution in [2.24, 2.45) is 0 Å². The molecule has 1 aromatic rings. The molecule has 0 atom stereocenters. The molecule has 0 amide bonds. The number of para-hydroxylation sites is 1. The zero-order chi connectivity index (χ0) is 11.6. The molecule has 0 saturated carbocycles. The van der Waals surface area contributed by atoms with E-state index in [9.17, 15) is 0 Å². The number of hydrogen-bond donors (Lipinski definition) is 1. The topological polar surface area (TPSA) is 24.5 Å². The molecule has 0 aromatic heterocycles. The van der Waals surface area contributed by atoms with Crippen molar-refractivity contribution < 1.29 is 4.74 Å². The molecule has 0 aliphatic rings. The molecule has 0 radical (unpaired) electrons. The second kappa shape index (κ2) is 8.13. The van der Waals surface area contributed by atoms with Crippen molar-refractivity contribution in [1.82, 2.24) is 4.90 Å². The highest BCUT2D eigenvalue weighted by molar-refractivity contribution is 5.42. The largest absolute Gasteiger partial charge is 0.385 e. The molecular weight excluding hydrogens is 200 g/mol. The first-order valence-electron chi connectivity index (χ1n) is 5.79. The van der Waals surface area contributed by atoms with E-state index < -0.39 is 0 Å². The number of rotatable bonds is 8. The van der Waals surface area contributed by atoms with E-state index in [0.717, 1.165) is 32.7 Å². The summed E-state index contributed by atoms with van der Waals surface area (Å²) in [6.07, 6.45) is 1.10. The lowest BCUT2D eigenvalue weighted by molar-refractivity contribution is 0.180. The molecule has 0 aliphatic heterocycles. The Hall–Kier alpha value is -1.06. The standard InChI is InChI=1S/C13H22N2O/c1-15(10-6-12-16-2)11-9-14-13-7-4-3-5-8-13/h3-5,7-8,14H,6,9-12H2,1-2H3. The van der Waals surface area contributed by atoms with Crippen LogP contribution in [0.15, 0.2) is 30.3 Å². The third kappa shape index (κ3) is 5.73. The Morgan fingerprint density at radius 3 is 2.62 bits per heavy atom. The number of benzene rings is 1. The van der Waals surface area contributed by atoms with Crippen LogP contribution in [-0.2, 0) is 4.74 Å². The predicted molar refractivity (Wildman–Crippen MR) is 68.9 cm³/mol. The summed E-state index contributed by atoms with van der Waals surface area (Å²) in [6.45, 7) is 3.97. The maximum Gasteiger partial charge on any atom is 0.0474 e. The molecule has 90 valence electrons. The zero-order valence-corrected chi connectivity index (χ0v) is 10.3. The van der Waals surface area contributed by atoms with Gasteiger partial charge >= 0.3 is 0 Å². The second-order valence-electron chi connectivity index (χ2n) is 3.94. The van der Waals surface area contributed by atoms with Crippen LogP contribution in [0.3, 0.4) is 0 Å². The summed E-state index contributed by atoms with van der Waals surface area (Å²) in [5.41, 5.74) is 1.19. The second-order valence-corrected chi connectivity index (χ2v) is 3.94. The molecule has 16 heavy (non-hydrogen) atoms. The molecule has 1 aromatic carbocycles. The quantitative estimate of drug-likeness (QED) is 0.681. The Morgan fingerprint density at radius 1 is 1.19 bits per heavy atom. The van der Waals surface area contributed by atoms with Crippen molar-refractivity contribution in [1.29, 1.82) is 0 Å². The lowest BCUT2D eigenvalue weighted by atomic mass is 10.3. The van der Waals surface area contributed by atoms with E-state index in [4.69, 9.17) is 4.74 Å². The van der Waals surface area contributed by atoms with Gasteiger partial charge in [0.15, 0.2) is 0 Å². The molecule has 0 bridgehead atoms. The minimum Gasteiger partial charge on any atom is -0.385 e. The molecule has 0 spiro atoms. The first-order valence-corrected chi connectivity index (χ1v) is 5.79. The van der Waals surface area contributed by atoms with Gasteiger partial charge in [-0.05, 0) is 25.6 Å². The molecule has 3 heteroatoms. The zero-order valence-electron chi connectivity index (χ0n) is 10.3. The predicted octanol–water partition coefficient (Wildman–Crippen LogP) is 2.07. The minimum atomic E-state index is 0.844. The smallest absolute Gasteiger partial charge is 0.0474 e. The molecule has 1 rings (SSSR count). The summed E-state index contributed by atoms with van der Waals surface area (Å²) in [4.78, 5) is 2.31. The number of likely N-dealkylation sites (N-methyl/N-ethyl adjacent to an activating group) is 1. The summed E-state index contributed by atoms with van der Waals surface area (Å²) in [5, 5.41) is 3.39. The highest BCUT2D eigenvalue weighted by Gasteiger charge is 1.97. The third-order valence-electron chi connectivity index (χ3n) is 2.48. The third-order valence-corrected chi connectivity index (χ3v) is 2.48. The van der Waals surface area contributed by atoms with E-state index in [-0.39, 0.29) is 0 Å². The number of nitrogens with zero attached hydrogens (tertiary/aromatic N) is 1. The Kier molecular flexibility index (Phi) is 6.61. The number of hydrogen-bond acceptors (Lipinski definition) is 3. The van der Waals surface area contributed by atoms with Crippen molar-refractivity contribution in [2.75, 3.05) is 45.7 Å². The van der Waals surface area contributed by atoms with Gasteiger partial charge in [-0.2, -0.15) is 0 Å². The molecule has 0 aliphatic carbocycles. The summed E-state index contributed by atoms with van der Waals surface area (Å²) < 4.78 is 5.02. The fourth-order valence-electron chi connectivity index (χ4n) is 1.54. The molecular formula is C13H22N2O. The van der Waals surface area contributed by atoms with Gasteiger partial charge in [0.25, 0.3) is 0 Å². The molecule has 0 saturated heterocycles. The summed E-state index contributed by atoms with van der Waals surface area (Å²) in [6, 6.07) is 10.3. The van der Waals surface area contributed by atoms with E-state index in [2.05, 4.69) is 29.4 Å². The molecule has 3 nitrogen and oxygen atoms in total. The van der Waals surface area contributed by atoms with Crippen LogP contribution < -0.4 is 5.32 Å². The SMILES string of the molecule is COCCCN(C)CCNc1ccccc1. The average Bonchev–Trinajstić information content (AvgIpc) is 2.31. The van der Waals surface area contributed by atoms with Crippen LogP contribution in [0.1, 0.15) is 6.42 Å². The first-order chi connectivity index (χ1) is 7.83. The van der Waals surface area contributed by atoms with Gasteiger partial charge in [-0.15, -0.1) is 0 Å². The molecule has 0 heterocycles. The van der Waals surface area contributed by atoms with Gasteiger partial charge in [-0.25, -0.2) is 0 Å². The molecule has 0 fully saturated rings. The van der Waals surface area contributed by atoms with Gasteiger partial charge in [-0.1, -0.05) is 18.2 Å². The van der Waals surface area contributed by atoms with Crippen LogP contribution >= 0.6 is 0 Å². The lowest BCUT2D eigenvalue weighted by Gasteiger charge is -2.16. The summed E-state index contributed by atoms with van der Waals surface area (Å²) >= 11 is 0. The number of ether oxygens (including phenoxy) is 1. The van der Waals surface area contributed by atoms with Gasteiger partial charge in [0, 0.05) is 39.0 Å². The van der Waals surface area contributed by atoms with Crippen LogP contribution in [0, 0.1) is 0 Å².